The van der Waals surface area contributed by atoms with Crippen LogP contribution in [0.1, 0.15) is 25.5 Å². The average Bonchev–Trinajstić information content (AvgIpc) is 2.77. The molecule has 0 spiro atoms. The topological polar surface area (TPSA) is 75.7 Å². The highest BCUT2D eigenvalue weighted by atomic mass is 32.1. The zero-order valence-electron chi connectivity index (χ0n) is 11.8. The van der Waals surface area contributed by atoms with Crippen molar-refractivity contribution in [2.45, 2.75) is 26.3 Å². The zero-order valence-corrected chi connectivity index (χ0v) is 12.6. The van der Waals surface area contributed by atoms with Crippen molar-refractivity contribution >= 4 is 12.2 Å². The number of hydrogen-bond donors (Lipinski definition) is 2. The summed E-state index contributed by atoms with van der Waals surface area (Å²) in [6.45, 7) is 5.11. The molecule has 0 atom stereocenters. The summed E-state index contributed by atoms with van der Waals surface area (Å²) >= 11 is 5.17. The quantitative estimate of drug-likeness (QED) is 0.828. The Morgan fingerprint density at radius 1 is 1.45 bits per heavy atom. The minimum absolute atomic E-state index is 0.163. The maximum absolute atomic E-state index is 12.2. The fraction of sp³-hybridized carbons (Fsp3) is 0.462. The Labute approximate surface area is 121 Å². The van der Waals surface area contributed by atoms with E-state index in [1.807, 2.05) is 19.9 Å². The first-order chi connectivity index (χ1) is 9.54. The van der Waals surface area contributed by atoms with Gasteiger partial charge in [0.2, 0.25) is 0 Å². The molecule has 0 aliphatic heterocycles. The molecule has 2 heterocycles. The molecule has 0 radical (unpaired) electrons. The number of hydrogen-bond acceptors (Lipinski definition) is 4. The van der Waals surface area contributed by atoms with Gasteiger partial charge in [-0.3, -0.25) is 14.5 Å². The molecule has 0 aliphatic rings. The summed E-state index contributed by atoms with van der Waals surface area (Å²) in [5.74, 6) is 0.801. The van der Waals surface area contributed by atoms with E-state index in [0.29, 0.717) is 29.3 Å². The van der Waals surface area contributed by atoms with Crippen LogP contribution >= 0.6 is 12.2 Å². The van der Waals surface area contributed by atoms with Crippen molar-refractivity contribution < 1.29 is 4.74 Å². The van der Waals surface area contributed by atoms with Gasteiger partial charge in [0.15, 0.2) is 10.6 Å². The van der Waals surface area contributed by atoms with Gasteiger partial charge >= 0.3 is 0 Å². The number of nitrogens with zero attached hydrogens (tertiary/aromatic N) is 2. The van der Waals surface area contributed by atoms with E-state index < -0.39 is 0 Å². The maximum atomic E-state index is 12.2. The summed E-state index contributed by atoms with van der Waals surface area (Å²) in [5, 5.41) is 6.86. The summed E-state index contributed by atoms with van der Waals surface area (Å²) < 4.78 is 7.29. The fourth-order valence-electron chi connectivity index (χ4n) is 1.92. The highest BCUT2D eigenvalue weighted by Crippen LogP contribution is 2.15. The third-order valence-corrected chi connectivity index (χ3v) is 3.38. The van der Waals surface area contributed by atoms with E-state index in [-0.39, 0.29) is 11.5 Å². The van der Waals surface area contributed by atoms with Gasteiger partial charge in [-0.05, 0) is 30.3 Å². The highest BCUT2D eigenvalue weighted by Gasteiger charge is 2.13. The molecular weight excluding hydrogens is 276 g/mol. The summed E-state index contributed by atoms with van der Waals surface area (Å²) in [5.41, 5.74) is 1.23. The molecule has 0 saturated heterocycles. The van der Waals surface area contributed by atoms with Crippen LogP contribution in [0, 0.1) is 4.77 Å². The summed E-state index contributed by atoms with van der Waals surface area (Å²) in [4.78, 5) is 15.1. The van der Waals surface area contributed by atoms with Crippen LogP contribution in [0.4, 0.5) is 0 Å². The van der Waals surface area contributed by atoms with Crippen molar-refractivity contribution in [3.8, 4) is 11.4 Å². The number of aromatic amines is 2. The average molecular weight is 294 g/mol. The molecule has 2 N–H and O–H groups in total. The number of aromatic nitrogens is 4. The number of pyridine rings is 1. The number of nitrogens with one attached hydrogen (secondary N) is 2. The lowest BCUT2D eigenvalue weighted by atomic mass is 10.1. The van der Waals surface area contributed by atoms with Crippen LogP contribution in [0.15, 0.2) is 16.9 Å². The number of H-pyrrole nitrogens is 2. The predicted octanol–water partition coefficient (Wildman–Crippen LogP) is 2.07. The van der Waals surface area contributed by atoms with Crippen LogP contribution in [-0.4, -0.2) is 33.5 Å². The summed E-state index contributed by atoms with van der Waals surface area (Å²) in [6, 6.07) is 3.68. The Kier molecular flexibility index (Phi) is 4.51. The monoisotopic (exact) mass is 294 g/mol. The standard InChI is InChI=1S/C13H18N4O2S/c1-8(2)10-5-4-9(12(18)14-10)11-15-16-13(20)17(11)6-7-19-3/h4-5,8H,6-7H2,1-3H3,(H,14,18)(H,16,20). The maximum Gasteiger partial charge on any atom is 0.259 e. The third kappa shape index (κ3) is 2.88. The molecule has 0 saturated carbocycles. The largest absolute Gasteiger partial charge is 0.383 e. The first-order valence-corrected chi connectivity index (χ1v) is 6.83. The van der Waals surface area contributed by atoms with E-state index >= 15 is 0 Å². The number of rotatable bonds is 5. The molecule has 20 heavy (non-hydrogen) atoms. The first-order valence-electron chi connectivity index (χ1n) is 6.42. The zero-order chi connectivity index (χ0) is 14.7. The molecule has 108 valence electrons. The SMILES string of the molecule is COCCn1c(-c2ccc(C(C)C)[nH]c2=O)n[nH]c1=S. The molecular formula is C13H18N4O2S. The van der Waals surface area contributed by atoms with Crippen molar-refractivity contribution in [2.24, 2.45) is 0 Å². The molecule has 0 bridgehead atoms. The Bertz CT molecular complexity index is 699. The lowest BCUT2D eigenvalue weighted by Gasteiger charge is -2.08. The second-order valence-corrected chi connectivity index (χ2v) is 5.19. The molecule has 0 amide bonds. The number of methoxy groups -OCH3 is 1. The predicted molar refractivity (Wildman–Crippen MR) is 79.4 cm³/mol. The van der Waals surface area contributed by atoms with Crippen molar-refractivity contribution in [3.63, 3.8) is 0 Å². The minimum atomic E-state index is -0.163. The van der Waals surface area contributed by atoms with Crippen LogP contribution in [-0.2, 0) is 11.3 Å². The minimum Gasteiger partial charge on any atom is -0.383 e. The third-order valence-electron chi connectivity index (χ3n) is 3.07. The van der Waals surface area contributed by atoms with Crippen LogP contribution < -0.4 is 5.56 Å². The molecule has 2 rings (SSSR count). The van der Waals surface area contributed by atoms with Gasteiger partial charge in [-0.15, -0.1) is 0 Å². The molecule has 0 unspecified atom stereocenters. The lowest BCUT2D eigenvalue weighted by molar-refractivity contribution is 0.187. The molecule has 0 fully saturated rings. The molecule has 2 aromatic heterocycles. The van der Waals surface area contributed by atoms with Crippen molar-refractivity contribution in [2.75, 3.05) is 13.7 Å². The van der Waals surface area contributed by atoms with Crippen molar-refractivity contribution in [3.05, 3.63) is 33.0 Å². The second kappa shape index (κ2) is 6.15. The summed E-state index contributed by atoms with van der Waals surface area (Å²) in [7, 11) is 1.62. The lowest BCUT2D eigenvalue weighted by Crippen LogP contribution is -2.15. The normalized spacial score (nSPS) is 11.2. The fourth-order valence-corrected chi connectivity index (χ4v) is 2.14. The van der Waals surface area contributed by atoms with E-state index in [1.54, 1.807) is 17.7 Å². The number of ether oxygens (including phenoxy) is 1. The smallest absolute Gasteiger partial charge is 0.259 e. The molecule has 6 nitrogen and oxygen atoms in total. The highest BCUT2D eigenvalue weighted by molar-refractivity contribution is 7.71. The Morgan fingerprint density at radius 3 is 2.80 bits per heavy atom. The molecule has 2 aromatic rings. The molecule has 7 heteroatoms. The van der Waals surface area contributed by atoms with Gasteiger partial charge in [-0.1, -0.05) is 13.8 Å². The van der Waals surface area contributed by atoms with Gasteiger partial charge in [0, 0.05) is 12.8 Å². The van der Waals surface area contributed by atoms with Crippen molar-refractivity contribution in [1.29, 1.82) is 0 Å². The van der Waals surface area contributed by atoms with Crippen LogP contribution in [0.2, 0.25) is 0 Å². The Hall–Kier alpha value is -1.73. The van der Waals surface area contributed by atoms with Crippen LogP contribution in [0.5, 0.6) is 0 Å². The Morgan fingerprint density at radius 2 is 2.20 bits per heavy atom. The Balaban J connectivity index is 2.47. The van der Waals surface area contributed by atoms with E-state index in [9.17, 15) is 4.79 Å². The molecule has 0 aromatic carbocycles. The van der Waals surface area contributed by atoms with E-state index in [0.717, 1.165) is 5.69 Å². The van der Waals surface area contributed by atoms with E-state index in [1.165, 1.54) is 0 Å². The molecule has 0 aliphatic carbocycles. The van der Waals surface area contributed by atoms with Gasteiger partial charge in [0.25, 0.3) is 5.56 Å². The second-order valence-electron chi connectivity index (χ2n) is 4.81. The first kappa shape index (κ1) is 14.7. The van der Waals surface area contributed by atoms with Gasteiger partial charge < -0.3 is 9.72 Å². The van der Waals surface area contributed by atoms with E-state index in [2.05, 4.69) is 15.2 Å². The van der Waals surface area contributed by atoms with Crippen LogP contribution in [0.3, 0.4) is 0 Å². The van der Waals surface area contributed by atoms with Gasteiger partial charge in [-0.25, -0.2) is 0 Å². The van der Waals surface area contributed by atoms with Crippen LogP contribution in [0.25, 0.3) is 11.4 Å². The van der Waals surface area contributed by atoms with Gasteiger partial charge in [0.1, 0.15) is 0 Å². The van der Waals surface area contributed by atoms with E-state index in [4.69, 9.17) is 17.0 Å². The van der Waals surface area contributed by atoms with Crippen molar-refractivity contribution in [1.82, 2.24) is 19.7 Å². The van der Waals surface area contributed by atoms with Gasteiger partial charge in [0.05, 0.1) is 18.7 Å². The van der Waals surface area contributed by atoms with Gasteiger partial charge in [-0.2, -0.15) is 5.10 Å². The summed E-state index contributed by atoms with van der Waals surface area (Å²) in [6.07, 6.45) is 0.